The van der Waals surface area contributed by atoms with E-state index in [1.165, 1.54) is 0 Å². The van der Waals surface area contributed by atoms with E-state index in [1.54, 1.807) is 4.90 Å². The number of benzene rings is 1. The molecule has 0 amide bonds. The van der Waals surface area contributed by atoms with Crippen molar-refractivity contribution in [2.75, 3.05) is 18.0 Å². The number of nitrogens with two attached hydrogens (primary N) is 1. The minimum absolute atomic E-state index is 0.149. The van der Waals surface area contributed by atoms with Crippen LogP contribution in [0.1, 0.15) is 19.8 Å². The number of non-ortho nitro benzene ring substituents is 1. The van der Waals surface area contributed by atoms with Crippen LogP contribution in [0.25, 0.3) is 0 Å². The summed E-state index contributed by atoms with van der Waals surface area (Å²) in [4.78, 5) is 11.4. The molecule has 5 nitrogen and oxygen atoms in total. The van der Waals surface area contributed by atoms with Gasteiger partial charge >= 0.3 is 0 Å². The second kappa shape index (κ2) is 5.70. The largest absolute Gasteiger partial charge is 0.363 e. The lowest BCUT2D eigenvalue weighted by atomic mass is 9.92. The van der Waals surface area contributed by atoms with Crippen molar-refractivity contribution in [2.45, 2.75) is 25.8 Å². The summed E-state index contributed by atoms with van der Waals surface area (Å²) in [6, 6.07) is 1.36. The summed E-state index contributed by atoms with van der Waals surface area (Å²) in [5.74, 6) is -1.38. The van der Waals surface area contributed by atoms with Crippen LogP contribution >= 0.6 is 0 Å². The summed E-state index contributed by atoms with van der Waals surface area (Å²) in [5, 5.41) is 10.6. The maximum absolute atomic E-state index is 14.0. The average Bonchev–Trinajstić information content (AvgIpc) is 2.39. The smallest absolute Gasteiger partial charge is 0.275 e. The number of hydrogen-bond acceptors (Lipinski definition) is 4. The number of nitro groups is 1. The van der Waals surface area contributed by atoms with Crippen molar-refractivity contribution in [3.05, 3.63) is 33.9 Å². The normalized spacial score (nSPS) is 22.9. The van der Waals surface area contributed by atoms with E-state index >= 15 is 0 Å². The summed E-state index contributed by atoms with van der Waals surface area (Å²) >= 11 is 0. The van der Waals surface area contributed by atoms with Crippen LogP contribution in [0, 0.1) is 27.7 Å². The Morgan fingerprint density at radius 2 is 2.05 bits per heavy atom. The molecule has 1 aliphatic heterocycles. The van der Waals surface area contributed by atoms with E-state index in [2.05, 4.69) is 6.92 Å². The highest BCUT2D eigenvalue weighted by molar-refractivity contribution is 5.55. The monoisotopic (exact) mass is 285 g/mol. The van der Waals surface area contributed by atoms with E-state index in [0.717, 1.165) is 25.0 Å². The zero-order valence-corrected chi connectivity index (χ0v) is 11.2. The predicted molar refractivity (Wildman–Crippen MR) is 71.6 cm³/mol. The first kappa shape index (κ1) is 14.6. The Kier molecular flexibility index (Phi) is 4.17. The van der Waals surface area contributed by atoms with Gasteiger partial charge in [0.25, 0.3) is 5.69 Å². The Balaban J connectivity index is 2.39. The Morgan fingerprint density at radius 3 is 2.55 bits per heavy atom. The van der Waals surface area contributed by atoms with Crippen molar-refractivity contribution in [2.24, 2.45) is 11.7 Å². The van der Waals surface area contributed by atoms with E-state index in [4.69, 9.17) is 5.73 Å². The number of nitrogens with zero attached hydrogens (tertiary/aromatic N) is 2. The molecule has 0 bridgehead atoms. The number of nitro benzene ring substituents is 1. The third kappa shape index (κ3) is 2.72. The molecule has 1 aromatic rings. The molecule has 0 spiro atoms. The molecule has 1 aromatic carbocycles. The first-order valence-electron chi connectivity index (χ1n) is 6.54. The minimum atomic E-state index is -0.912. The molecule has 0 aromatic heterocycles. The summed E-state index contributed by atoms with van der Waals surface area (Å²) in [6.45, 7) is 2.86. The van der Waals surface area contributed by atoms with Crippen LogP contribution in [0.2, 0.25) is 0 Å². The Hall–Kier alpha value is -1.76. The lowest BCUT2D eigenvalue weighted by Gasteiger charge is -2.39. The topological polar surface area (TPSA) is 72.4 Å². The summed E-state index contributed by atoms with van der Waals surface area (Å²) < 4.78 is 28.1. The molecular formula is C13H17F2N3O2. The molecule has 0 radical (unpaired) electrons. The lowest BCUT2D eigenvalue weighted by molar-refractivity contribution is -0.385. The maximum Gasteiger partial charge on any atom is 0.275 e. The van der Waals surface area contributed by atoms with Crippen molar-refractivity contribution < 1.29 is 13.7 Å². The van der Waals surface area contributed by atoms with Gasteiger partial charge in [-0.1, -0.05) is 6.92 Å². The number of piperidine rings is 1. The average molecular weight is 285 g/mol. The fourth-order valence-corrected chi connectivity index (χ4v) is 2.70. The lowest BCUT2D eigenvalue weighted by Crippen LogP contribution is -2.47. The number of rotatable bonds is 3. The summed E-state index contributed by atoms with van der Waals surface area (Å²) in [6.07, 6.45) is 1.57. The van der Waals surface area contributed by atoms with Gasteiger partial charge in [0.05, 0.1) is 17.1 Å². The van der Waals surface area contributed by atoms with Gasteiger partial charge in [0, 0.05) is 19.1 Å². The Bertz CT molecular complexity index is 501. The van der Waals surface area contributed by atoms with E-state index in [9.17, 15) is 18.9 Å². The van der Waals surface area contributed by atoms with Gasteiger partial charge in [-0.2, -0.15) is 0 Å². The molecule has 2 rings (SSSR count). The highest BCUT2D eigenvalue weighted by atomic mass is 19.1. The zero-order chi connectivity index (χ0) is 14.9. The molecule has 2 atom stereocenters. The second-order valence-electron chi connectivity index (χ2n) is 5.23. The molecule has 20 heavy (non-hydrogen) atoms. The van der Waals surface area contributed by atoms with Gasteiger partial charge in [-0.15, -0.1) is 0 Å². The van der Waals surface area contributed by atoms with Crippen LogP contribution < -0.4 is 10.6 Å². The van der Waals surface area contributed by atoms with Crippen LogP contribution in [0.4, 0.5) is 20.2 Å². The van der Waals surface area contributed by atoms with Gasteiger partial charge in [0.15, 0.2) is 11.6 Å². The Labute approximate surface area is 115 Å². The van der Waals surface area contributed by atoms with Crippen molar-refractivity contribution in [1.29, 1.82) is 0 Å². The van der Waals surface area contributed by atoms with E-state index in [-0.39, 0.29) is 11.7 Å². The van der Waals surface area contributed by atoms with Crippen LogP contribution in [0.3, 0.4) is 0 Å². The van der Waals surface area contributed by atoms with Crippen molar-refractivity contribution >= 4 is 11.4 Å². The van der Waals surface area contributed by atoms with Crippen LogP contribution in [-0.4, -0.2) is 24.1 Å². The van der Waals surface area contributed by atoms with Gasteiger partial charge in [0.2, 0.25) is 0 Å². The van der Waals surface area contributed by atoms with Gasteiger partial charge in [-0.3, -0.25) is 10.1 Å². The number of hydrogen-bond donors (Lipinski definition) is 1. The number of halogens is 2. The third-order valence-corrected chi connectivity index (χ3v) is 3.75. The van der Waals surface area contributed by atoms with E-state index in [1.807, 2.05) is 0 Å². The summed E-state index contributed by atoms with van der Waals surface area (Å²) in [5.41, 5.74) is 4.88. The molecule has 110 valence electrons. The molecule has 2 N–H and O–H groups in total. The molecule has 0 aliphatic carbocycles. The molecule has 1 fully saturated rings. The Morgan fingerprint density at radius 1 is 1.45 bits per heavy atom. The predicted octanol–water partition coefficient (Wildman–Crippen LogP) is 2.44. The van der Waals surface area contributed by atoms with Crippen LogP contribution in [0.5, 0.6) is 0 Å². The molecule has 1 saturated heterocycles. The van der Waals surface area contributed by atoms with Gasteiger partial charge in [-0.25, -0.2) is 8.78 Å². The maximum atomic E-state index is 14.0. The molecule has 1 aliphatic rings. The minimum Gasteiger partial charge on any atom is -0.363 e. The first-order chi connectivity index (χ1) is 9.43. The molecule has 0 saturated carbocycles. The first-order valence-corrected chi connectivity index (χ1v) is 6.54. The fourth-order valence-electron chi connectivity index (χ4n) is 2.70. The molecule has 7 heteroatoms. The molecule has 1 heterocycles. The van der Waals surface area contributed by atoms with Crippen molar-refractivity contribution in [1.82, 2.24) is 0 Å². The standard InChI is InChI=1S/C13H17F2N3O2/c1-8-2-3-17(10(4-8)7-16)13-11(14)5-9(18(19)20)6-12(13)15/h5-6,8,10H,2-4,7,16H2,1H3. The zero-order valence-electron chi connectivity index (χ0n) is 11.2. The molecular weight excluding hydrogens is 268 g/mol. The van der Waals surface area contributed by atoms with Crippen molar-refractivity contribution in [3.8, 4) is 0 Å². The van der Waals surface area contributed by atoms with Crippen LogP contribution in [0.15, 0.2) is 12.1 Å². The van der Waals surface area contributed by atoms with Gasteiger partial charge in [0.1, 0.15) is 5.69 Å². The highest BCUT2D eigenvalue weighted by Gasteiger charge is 2.30. The second-order valence-corrected chi connectivity index (χ2v) is 5.23. The quantitative estimate of drug-likeness (QED) is 0.684. The molecule has 2 unspecified atom stereocenters. The summed E-state index contributed by atoms with van der Waals surface area (Å²) in [7, 11) is 0. The van der Waals surface area contributed by atoms with E-state index < -0.39 is 22.2 Å². The van der Waals surface area contributed by atoms with Gasteiger partial charge in [-0.05, 0) is 18.8 Å². The van der Waals surface area contributed by atoms with Gasteiger partial charge < -0.3 is 10.6 Å². The fraction of sp³-hybridized carbons (Fsp3) is 0.538. The van der Waals surface area contributed by atoms with Crippen LogP contribution in [-0.2, 0) is 0 Å². The SMILES string of the molecule is CC1CCN(c2c(F)cc([N+](=O)[O-])cc2F)C(CN)C1. The number of anilines is 1. The third-order valence-electron chi connectivity index (χ3n) is 3.75. The van der Waals surface area contributed by atoms with E-state index in [0.29, 0.717) is 19.0 Å². The van der Waals surface area contributed by atoms with Crippen molar-refractivity contribution in [3.63, 3.8) is 0 Å². The highest BCUT2D eigenvalue weighted by Crippen LogP contribution is 2.33.